The van der Waals surface area contributed by atoms with Crippen LogP contribution in [0.15, 0.2) is 65.6 Å². The third-order valence-corrected chi connectivity index (χ3v) is 4.48. The molecule has 0 unspecified atom stereocenters. The quantitative estimate of drug-likeness (QED) is 0.517. The van der Waals surface area contributed by atoms with Crippen LogP contribution in [-0.4, -0.2) is 31.9 Å². The predicted octanol–water partition coefficient (Wildman–Crippen LogP) is 3.44. The Hall–Kier alpha value is -3.89. The molecule has 4 rings (SSSR count). The first-order valence-corrected chi connectivity index (χ1v) is 9.39. The number of imidazole rings is 1. The largest absolute Gasteiger partial charge is 0.481 e. The van der Waals surface area contributed by atoms with Crippen LogP contribution in [0.4, 0.5) is 0 Å². The molecule has 0 aliphatic carbocycles. The molecule has 0 saturated carbocycles. The molecular weight excluding hydrogens is 380 g/mol. The Bertz CT molecular complexity index is 1180. The van der Waals surface area contributed by atoms with Crippen LogP contribution in [0.1, 0.15) is 35.7 Å². The maximum Gasteiger partial charge on any atom is 0.212 e. The summed E-state index contributed by atoms with van der Waals surface area (Å²) in [6, 6.07) is 13.3. The number of benzene rings is 1. The van der Waals surface area contributed by atoms with Crippen molar-refractivity contribution >= 4 is 0 Å². The molecule has 1 N–H and O–H groups in total. The van der Waals surface area contributed by atoms with Gasteiger partial charge in [0.1, 0.15) is 17.6 Å². The van der Waals surface area contributed by atoms with E-state index >= 15 is 0 Å². The van der Waals surface area contributed by atoms with Gasteiger partial charge in [0.25, 0.3) is 0 Å². The lowest BCUT2D eigenvalue weighted by Gasteiger charge is -2.07. The fourth-order valence-electron chi connectivity index (χ4n) is 2.96. The zero-order chi connectivity index (χ0) is 20.9. The van der Waals surface area contributed by atoms with Crippen molar-refractivity contribution in [2.24, 2.45) is 0 Å². The van der Waals surface area contributed by atoms with Crippen LogP contribution >= 0.6 is 0 Å². The molecule has 0 fully saturated rings. The van der Waals surface area contributed by atoms with Crippen LogP contribution in [0.5, 0.6) is 5.88 Å². The Morgan fingerprint density at radius 1 is 1.10 bits per heavy atom. The van der Waals surface area contributed by atoms with Gasteiger partial charge in [0, 0.05) is 47.4 Å². The average molecular weight is 400 g/mol. The molecule has 0 saturated heterocycles. The van der Waals surface area contributed by atoms with E-state index in [-0.39, 0.29) is 0 Å². The van der Waals surface area contributed by atoms with Crippen LogP contribution in [-0.2, 0) is 6.54 Å². The number of nitrogens with zero attached hydrogens (tertiary/aromatic N) is 4. The summed E-state index contributed by atoms with van der Waals surface area (Å²) in [7, 11) is 1.58. The van der Waals surface area contributed by atoms with E-state index in [0.29, 0.717) is 24.0 Å². The lowest BCUT2D eigenvalue weighted by atomic mass is 10.1. The Kier molecular flexibility index (Phi) is 5.59. The minimum atomic E-state index is -0.645. The van der Waals surface area contributed by atoms with Crippen molar-refractivity contribution < 1.29 is 14.4 Å². The van der Waals surface area contributed by atoms with Crippen molar-refractivity contribution in [2.75, 3.05) is 7.11 Å². The number of hydrogen-bond acceptors (Lipinski definition) is 6. The molecule has 4 aromatic rings. The van der Waals surface area contributed by atoms with Crippen molar-refractivity contribution in [2.45, 2.75) is 19.6 Å². The number of aromatic nitrogens is 4. The highest BCUT2D eigenvalue weighted by Crippen LogP contribution is 2.22. The summed E-state index contributed by atoms with van der Waals surface area (Å²) in [6.07, 6.45) is 4.50. The Morgan fingerprint density at radius 3 is 2.57 bits per heavy atom. The van der Waals surface area contributed by atoms with Crippen molar-refractivity contribution in [3.63, 3.8) is 0 Å². The zero-order valence-corrected chi connectivity index (χ0v) is 16.6. The Labute approximate surface area is 174 Å². The van der Waals surface area contributed by atoms with Gasteiger partial charge in [0.2, 0.25) is 5.88 Å². The first-order valence-electron chi connectivity index (χ1n) is 9.39. The monoisotopic (exact) mass is 400 g/mol. The summed E-state index contributed by atoms with van der Waals surface area (Å²) in [5, 5.41) is 13.9. The molecule has 1 atom stereocenters. The van der Waals surface area contributed by atoms with Crippen molar-refractivity contribution in [1.29, 1.82) is 0 Å². The number of rotatable bonds is 5. The molecule has 1 aromatic carbocycles. The molecule has 3 heterocycles. The summed E-state index contributed by atoms with van der Waals surface area (Å²) in [6.45, 7) is 2.16. The Morgan fingerprint density at radius 2 is 1.87 bits per heavy atom. The summed E-state index contributed by atoms with van der Waals surface area (Å²) in [5.74, 6) is 8.02. The fourth-order valence-corrected chi connectivity index (χ4v) is 2.96. The standard InChI is InChI=1S/C23H20N4O3/c1-16(28)23-24-11-12-27(23)15-20-13-21(30-26-20)19-8-5-17(6-9-19)3-4-18-7-10-22(29-2)25-14-18/h5-14,16,28H,15H2,1-2H3/t16-/m0/s1. The summed E-state index contributed by atoms with van der Waals surface area (Å²) >= 11 is 0. The van der Waals surface area contributed by atoms with Gasteiger partial charge in [-0.2, -0.15) is 0 Å². The molecule has 0 spiro atoms. The topological polar surface area (TPSA) is 86.2 Å². The lowest BCUT2D eigenvalue weighted by molar-refractivity contribution is 0.184. The molecule has 7 nitrogen and oxygen atoms in total. The minimum Gasteiger partial charge on any atom is -0.481 e. The highest BCUT2D eigenvalue weighted by Gasteiger charge is 2.12. The predicted molar refractivity (Wildman–Crippen MR) is 111 cm³/mol. The average Bonchev–Trinajstić information content (AvgIpc) is 3.43. The summed E-state index contributed by atoms with van der Waals surface area (Å²) < 4.78 is 12.4. The highest BCUT2D eigenvalue weighted by atomic mass is 16.5. The van der Waals surface area contributed by atoms with E-state index in [1.807, 2.05) is 47.2 Å². The van der Waals surface area contributed by atoms with Crippen molar-refractivity contribution in [3.8, 4) is 29.0 Å². The molecule has 0 bridgehead atoms. The van der Waals surface area contributed by atoms with Crippen LogP contribution < -0.4 is 4.74 Å². The SMILES string of the molecule is COc1ccc(C#Cc2ccc(-c3cc(Cn4ccnc4[C@H](C)O)no3)cc2)cn1. The molecular formula is C23H20N4O3. The van der Waals surface area contributed by atoms with Crippen molar-refractivity contribution in [3.05, 3.63) is 83.7 Å². The third kappa shape index (κ3) is 4.40. The number of methoxy groups -OCH3 is 1. The van der Waals surface area contributed by atoms with Gasteiger partial charge in [0.15, 0.2) is 5.76 Å². The summed E-state index contributed by atoms with van der Waals surface area (Å²) in [5.41, 5.74) is 3.36. The second-order valence-electron chi connectivity index (χ2n) is 6.69. The van der Waals surface area contributed by atoms with Gasteiger partial charge >= 0.3 is 0 Å². The van der Waals surface area contributed by atoms with Gasteiger partial charge in [-0.25, -0.2) is 9.97 Å². The summed E-state index contributed by atoms with van der Waals surface area (Å²) in [4.78, 5) is 8.31. The van der Waals surface area contributed by atoms with Crippen LogP contribution in [0.25, 0.3) is 11.3 Å². The van der Waals surface area contributed by atoms with E-state index in [9.17, 15) is 5.11 Å². The first kappa shape index (κ1) is 19.4. The van der Waals surface area contributed by atoms with E-state index in [1.54, 1.807) is 32.5 Å². The van der Waals surface area contributed by atoms with Gasteiger partial charge in [-0.3, -0.25) is 0 Å². The number of ether oxygens (including phenoxy) is 1. The maximum absolute atomic E-state index is 9.77. The second kappa shape index (κ2) is 8.64. The number of pyridine rings is 1. The van der Waals surface area contributed by atoms with Gasteiger partial charge in [-0.15, -0.1) is 0 Å². The van der Waals surface area contributed by atoms with Gasteiger partial charge in [-0.05, 0) is 37.3 Å². The maximum atomic E-state index is 9.77. The van der Waals surface area contributed by atoms with Crippen LogP contribution in [0, 0.1) is 11.8 Å². The third-order valence-electron chi connectivity index (χ3n) is 4.48. The molecule has 0 radical (unpaired) electrons. The molecule has 3 aromatic heterocycles. The molecule has 150 valence electrons. The molecule has 0 aliphatic rings. The van der Waals surface area contributed by atoms with Crippen LogP contribution in [0.3, 0.4) is 0 Å². The zero-order valence-electron chi connectivity index (χ0n) is 16.6. The van der Waals surface area contributed by atoms with E-state index < -0.39 is 6.10 Å². The van der Waals surface area contributed by atoms with Crippen molar-refractivity contribution in [1.82, 2.24) is 19.7 Å². The van der Waals surface area contributed by atoms with E-state index in [4.69, 9.17) is 9.26 Å². The van der Waals surface area contributed by atoms with Gasteiger partial charge in [-0.1, -0.05) is 17.0 Å². The van der Waals surface area contributed by atoms with Gasteiger partial charge < -0.3 is 18.9 Å². The van der Waals surface area contributed by atoms with E-state index in [1.165, 1.54) is 0 Å². The second-order valence-corrected chi connectivity index (χ2v) is 6.69. The van der Waals surface area contributed by atoms with Gasteiger partial charge in [0.05, 0.1) is 13.7 Å². The molecule has 7 heteroatoms. The highest BCUT2D eigenvalue weighted by molar-refractivity contribution is 5.59. The fraction of sp³-hybridized carbons (Fsp3) is 0.174. The minimum absolute atomic E-state index is 0.475. The smallest absolute Gasteiger partial charge is 0.212 e. The number of hydrogen-bond donors (Lipinski definition) is 1. The van der Waals surface area contributed by atoms with E-state index in [0.717, 1.165) is 22.4 Å². The molecule has 0 aliphatic heterocycles. The molecule has 30 heavy (non-hydrogen) atoms. The Balaban J connectivity index is 1.46. The van der Waals surface area contributed by atoms with E-state index in [2.05, 4.69) is 27.0 Å². The first-order chi connectivity index (χ1) is 14.6. The van der Waals surface area contributed by atoms with Crippen LogP contribution in [0.2, 0.25) is 0 Å². The normalized spacial score (nSPS) is 11.6. The lowest BCUT2D eigenvalue weighted by Crippen LogP contribution is -2.07. The number of aliphatic hydroxyl groups excluding tert-OH is 1. The molecule has 0 amide bonds. The number of aliphatic hydroxyl groups is 1.